The summed E-state index contributed by atoms with van der Waals surface area (Å²) < 4.78 is 13.3. The van der Waals surface area contributed by atoms with E-state index >= 15 is 0 Å². The van der Waals surface area contributed by atoms with Crippen LogP contribution in [0.25, 0.3) is 0 Å². The van der Waals surface area contributed by atoms with Crippen LogP contribution >= 0.6 is 0 Å². The molecule has 142 valence electrons. The SMILES string of the molecule is NC1C2CCCC1CC(C(=O)N1CCN(Cc3cccc(F)c3)CC1)C2. The first kappa shape index (κ1) is 17.9. The molecule has 1 aromatic rings. The average molecular weight is 359 g/mol. The Bertz CT molecular complexity index is 630. The molecular formula is C21H30FN3O. The smallest absolute Gasteiger partial charge is 0.225 e. The zero-order valence-electron chi connectivity index (χ0n) is 15.4. The Kier molecular flexibility index (Phi) is 5.28. The largest absolute Gasteiger partial charge is 0.340 e. The predicted octanol–water partition coefficient (Wildman–Crippen LogP) is 2.62. The number of nitrogens with zero attached hydrogens (tertiary/aromatic N) is 2. The molecule has 3 fully saturated rings. The molecule has 2 saturated carbocycles. The fourth-order valence-corrected chi connectivity index (χ4v) is 5.27. The van der Waals surface area contributed by atoms with Gasteiger partial charge < -0.3 is 10.6 Å². The number of piperazine rings is 1. The molecule has 1 amide bonds. The normalized spacial score (nSPS) is 32.5. The molecule has 0 spiro atoms. The van der Waals surface area contributed by atoms with Crippen molar-refractivity contribution in [2.45, 2.75) is 44.7 Å². The van der Waals surface area contributed by atoms with Gasteiger partial charge in [-0.3, -0.25) is 9.69 Å². The van der Waals surface area contributed by atoms with E-state index in [2.05, 4.69) is 9.80 Å². The van der Waals surface area contributed by atoms with Gasteiger partial charge in [0.05, 0.1) is 0 Å². The lowest BCUT2D eigenvalue weighted by Gasteiger charge is -2.45. The first-order chi connectivity index (χ1) is 12.6. The summed E-state index contributed by atoms with van der Waals surface area (Å²) in [6, 6.07) is 7.11. The van der Waals surface area contributed by atoms with Gasteiger partial charge in [-0.1, -0.05) is 18.6 Å². The summed E-state index contributed by atoms with van der Waals surface area (Å²) in [5, 5.41) is 0. The van der Waals surface area contributed by atoms with Gasteiger partial charge in [-0.05, 0) is 55.2 Å². The van der Waals surface area contributed by atoms with Crippen molar-refractivity contribution in [3.63, 3.8) is 0 Å². The average Bonchev–Trinajstić information content (AvgIpc) is 2.62. The first-order valence-corrected chi connectivity index (χ1v) is 10.1. The van der Waals surface area contributed by atoms with Gasteiger partial charge in [-0.25, -0.2) is 4.39 Å². The zero-order chi connectivity index (χ0) is 18.1. The zero-order valence-corrected chi connectivity index (χ0v) is 15.4. The number of carbonyl (C=O) groups excluding carboxylic acids is 1. The van der Waals surface area contributed by atoms with Crippen LogP contribution in [0.4, 0.5) is 4.39 Å². The van der Waals surface area contributed by atoms with Crippen molar-refractivity contribution in [2.24, 2.45) is 23.5 Å². The molecule has 5 heteroatoms. The van der Waals surface area contributed by atoms with Crippen molar-refractivity contribution in [3.8, 4) is 0 Å². The van der Waals surface area contributed by atoms with Crippen molar-refractivity contribution >= 4 is 5.91 Å². The van der Waals surface area contributed by atoms with Crippen LogP contribution in [-0.2, 0) is 11.3 Å². The molecule has 2 unspecified atom stereocenters. The number of nitrogens with two attached hydrogens (primary N) is 1. The van der Waals surface area contributed by atoms with Crippen LogP contribution in [0.15, 0.2) is 24.3 Å². The van der Waals surface area contributed by atoms with E-state index in [9.17, 15) is 9.18 Å². The Hall–Kier alpha value is -1.46. The van der Waals surface area contributed by atoms with E-state index in [1.807, 2.05) is 6.07 Å². The van der Waals surface area contributed by atoms with Gasteiger partial charge in [0.25, 0.3) is 0 Å². The van der Waals surface area contributed by atoms with Crippen LogP contribution in [-0.4, -0.2) is 47.9 Å². The van der Waals surface area contributed by atoms with Crippen LogP contribution < -0.4 is 5.73 Å². The van der Waals surface area contributed by atoms with E-state index in [1.54, 1.807) is 12.1 Å². The molecular weight excluding hydrogens is 329 g/mol. The van der Waals surface area contributed by atoms with E-state index in [0.29, 0.717) is 23.8 Å². The van der Waals surface area contributed by atoms with Gasteiger partial charge in [0.15, 0.2) is 0 Å². The highest BCUT2D eigenvalue weighted by Gasteiger charge is 2.41. The molecule has 2 N–H and O–H groups in total. The van der Waals surface area contributed by atoms with Crippen LogP contribution in [0.1, 0.15) is 37.7 Å². The van der Waals surface area contributed by atoms with Gasteiger partial charge in [-0.15, -0.1) is 0 Å². The topological polar surface area (TPSA) is 49.6 Å². The number of hydrogen-bond donors (Lipinski definition) is 1. The molecule has 1 heterocycles. The lowest BCUT2D eigenvalue weighted by molar-refractivity contribution is -0.140. The minimum absolute atomic E-state index is 0.180. The number of carbonyl (C=O) groups is 1. The number of amides is 1. The molecule has 2 atom stereocenters. The summed E-state index contributed by atoms with van der Waals surface area (Å²) in [6.45, 7) is 4.04. The van der Waals surface area contributed by atoms with Crippen molar-refractivity contribution in [3.05, 3.63) is 35.6 Å². The third-order valence-corrected chi connectivity index (χ3v) is 6.74. The molecule has 2 aliphatic carbocycles. The van der Waals surface area contributed by atoms with Gasteiger partial charge in [0.2, 0.25) is 5.91 Å². The summed E-state index contributed by atoms with van der Waals surface area (Å²) >= 11 is 0. The highest BCUT2D eigenvalue weighted by atomic mass is 19.1. The molecule has 26 heavy (non-hydrogen) atoms. The third-order valence-electron chi connectivity index (χ3n) is 6.74. The predicted molar refractivity (Wildman–Crippen MR) is 99.8 cm³/mol. The highest BCUT2D eigenvalue weighted by Crippen LogP contribution is 2.42. The number of fused-ring (bicyclic) bond motifs is 2. The minimum Gasteiger partial charge on any atom is -0.340 e. The summed E-state index contributed by atoms with van der Waals surface area (Å²) in [4.78, 5) is 17.4. The van der Waals surface area contributed by atoms with E-state index in [-0.39, 0.29) is 11.7 Å². The van der Waals surface area contributed by atoms with Gasteiger partial charge in [0.1, 0.15) is 5.82 Å². The van der Waals surface area contributed by atoms with Crippen LogP contribution in [0, 0.1) is 23.6 Å². The Morgan fingerprint density at radius 3 is 2.46 bits per heavy atom. The van der Waals surface area contributed by atoms with Gasteiger partial charge >= 0.3 is 0 Å². The van der Waals surface area contributed by atoms with E-state index in [1.165, 1.54) is 25.3 Å². The Labute approximate surface area is 155 Å². The van der Waals surface area contributed by atoms with Gasteiger partial charge in [0, 0.05) is 44.7 Å². The monoisotopic (exact) mass is 359 g/mol. The van der Waals surface area contributed by atoms with E-state index < -0.39 is 0 Å². The Balaban J connectivity index is 1.30. The number of rotatable bonds is 3. The second kappa shape index (κ2) is 7.65. The van der Waals surface area contributed by atoms with Crippen molar-refractivity contribution in [1.82, 2.24) is 9.80 Å². The van der Waals surface area contributed by atoms with Crippen molar-refractivity contribution in [1.29, 1.82) is 0 Å². The molecule has 1 saturated heterocycles. The van der Waals surface area contributed by atoms with Crippen LogP contribution in [0.2, 0.25) is 0 Å². The van der Waals surface area contributed by atoms with E-state index in [0.717, 1.165) is 51.1 Å². The summed E-state index contributed by atoms with van der Waals surface area (Å²) in [5.74, 6) is 1.44. The number of hydrogen-bond acceptors (Lipinski definition) is 3. The second-order valence-corrected chi connectivity index (χ2v) is 8.43. The van der Waals surface area contributed by atoms with Crippen molar-refractivity contribution < 1.29 is 9.18 Å². The lowest BCUT2D eigenvalue weighted by Crippen LogP contribution is -2.53. The second-order valence-electron chi connectivity index (χ2n) is 8.43. The molecule has 1 aliphatic heterocycles. The molecule has 1 aromatic carbocycles. The quantitative estimate of drug-likeness (QED) is 0.903. The number of benzene rings is 1. The minimum atomic E-state index is -0.183. The number of halogens is 1. The lowest BCUT2D eigenvalue weighted by atomic mass is 9.65. The highest BCUT2D eigenvalue weighted by molar-refractivity contribution is 5.79. The maximum absolute atomic E-state index is 13.3. The molecule has 0 radical (unpaired) electrons. The van der Waals surface area contributed by atoms with Crippen molar-refractivity contribution in [2.75, 3.05) is 26.2 Å². The van der Waals surface area contributed by atoms with Gasteiger partial charge in [-0.2, -0.15) is 0 Å². The fourth-order valence-electron chi connectivity index (χ4n) is 5.27. The molecule has 4 rings (SSSR count). The third kappa shape index (κ3) is 3.79. The summed E-state index contributed by atoms with van der Waals surface area (Å²) in [6.07, 6.45) is 5.65. The first-order valence-electron chi connectivity index (χ1n) is 10.1. The molecule has 4 nitrogen and oxygen atoms in total. The molecule has 0 aromatic heterocycles. The Morgan fingerprint density at radius 2 is 1.81 bits per heavy atom. The Morgan fingerprint density at radius 1 is 1.12 bits per heavy atom. The van der Waals surface area contributed by atoms with Crippen LogP contribution in [0.3, 0.4) is 0 Å². The molecule has 2 bridgehead atoms. The standard InChI is InChI=1S/C21H30FN3O/c22-19-6-1-3-15(11-19)14-24-7-9-25(10-8-24)21(26)18-12-16-4-2-5-17(13-18)20(16)23/h1,3,6,11,16-18,20H,2,4-5,7-10,12-14,23H2. The summed E-state index contributed by atoms with van der Waals surface area (Å²) in [7, 11) is 0. The molecule has 3 aliphatic rings. The maximum Gasteiger partial charge on any atom is 0.225 e. The van der Waals surface area contributed by atoms with E-state index in [4.69, 9.17) is 5.73 Å². The maximum atomic E-state index is 13.3. The van der Waals surface area contributed by atoms with Crippen LogP contribution in [0.5, 0.6) is 0 Å². The fraction of sp³-hybridized carbons (Fsp3) is 0.667. The summed E-state index contributed by atoms with van der Waals surface area (Å²) in [5.41, 5.74) is 7.37.